The summed E-state index contributed by atoms with van der Waals surface area (Å²) in [5, 5.41) is 1.22. The summed E-state index contributed by atoms with van der Waals surface area (Å²) in [7, 11) is 6.79. The lowest BCUT2D eigenvalue weighted by Crippen LogP contribution is -1.97. The van der Waals surface area contributed by atoms with E-state index in [1.165, 1.54) is 26.1 Å². The molecule has 0 aliphatic rings. The first-order chi connectivity index (χ1) is 20.5. The van der Waals surface area contributed by atoms with Crippen LogP contribution in [0.3, 0.4) is 0 Å². The molecule has 42 heavy (non-hydrogen) atoms. The van der Waals surface area contributed by atoms with Crippen molar-refractivity contribution in [2.75, 3.05) is 28.4 Å². The highest BCUT2D eigenvalue weighted by Gasteiger charge is 2.25. The van der Waals surface area contributed by atoms with Crippen LogP contribution in [-0.4, -0.2) is 28.4 Å². The molecular weight excluding hydrogens is 540 g/mol. The first-order valence-electron chi connectivity index (χ1n) is 13.7. The summed E-state index contributed by atoms with van der Waals surface area (Å²) in [5.74, 6) is 3.29. The number of methoxy groups -OCH3 is 4. The van der Waals surface area contributed by atoms with Gasteiger partial charge in [-0.2, -0.15) is 0 Å². The maximum Gasteiger partial charge on any atom is 0.118 e. The van der Waals surface area contributed by atoms with Crippen LogP contribution in [0.15, 0.2) is 103 Å². The summed E-state index contributed by atoms with van der Waals surface area (Å²) in [6.07, 6.45) is 0. The van der Waals surface area contributed by atoms with E-state index < -0.39 is 0 Å². The van der Waals surface area contributed by atoms with Crippen LogP contribution in [0.1, 0.15) is 4.88 Å². The predicted octanol–water partition coefficient (Wildman–Crippen LogP) is 9.91. The summed E-state index contributed by atoms with van der Waals surface area (Å²) in [6, 6.07) is 35.8. The van der Waals surface area contributed by atoms with Crippen molar-refractivity contribution in [2.24, 2.45) is 0 Å². The number of thiophene rings is 1. The van der Waals surface area contributed by atoms with E-state index in [9.17, 15) is 0 Å². The van der Waals surface area contributed by atoms with Gasteiger partial charge in [-0.15, -0.1) is 11.3 Å². The fourth-order valence-corrected chi connectivity index (χ4v) is 6.66. The van der Waals surface area contributed by atoms with E-state index in [1.54, 1.807) is 28.4 Å². The van der Waals surface area contributed by atoms with Crippen molar-refractivity contribution in [1.29, 1.82) is 0 Å². The Balaban J connectivity index is 1.81. The molecule has 0 amide bonds. The van der Waals surface area contributed by atoms with Gasteiger partial charge in [0.15, 0.2) is 0 Å². The molecule has 0 aliphatic carbocycles. The summed E-state index contributed by atoms with van der Waals surface area (Å²) in [4.78, 5) is 1.25. The average Bonchev–Trinajstić information content (AvgIpc) is 3.44. The van der Waals surface area contributed by atoms with Gasteiger partial charge in [-0.1, -0.05) is 48.5 Å². The number of ether oxygens (including phenoxy) is 4. The molecule has 0 N–H and O–H groups in total. The zero-order valence-corrected chi connectivity index (χ0v) is 25.2. The Bertz CT molecular complexity index is 1700. The molecule has 1 heterocycles. The summed E-state index contributed by atoms with van der Waals surface area (Å²) in [6.45, 7) is 2.18. The number of hydrogen-bond donors (Lipinski definition) is 0. The van der Waals surface area contributed by atoms with Crippen LogP contribution < -0.4 is 18.9 Å². The summed E-state index contributed by atoms with van der Waals surface area (Å²) < 4.78 is 23.3. The van der Waals surface area contributed by atoms with E-state index in [1.807, 2.05) is 59.9 Å². The number of aryl methyl sites for hydroxylation is 1. The van der Waals surface area contributed by atoms with E-state index in [2.05, 4.69) is 61.5 Å². The van der Waals surface area contributed by atoms with E-state index >= 15 is 0 Å². The van der Waals surface area contributed by atoms with Gasteiger partial charge in [0.25, 0.3) is 0 Å². The fraction of sp³-hybridized carbons (Fsp3) is 0.135. The van der Waals surface area contributed by atoms with Crippen LogP contribution in [0.5, 0.6) is 23.0 Å². The molecule has 0 aliphatic heterocycles. The molecule has 0 unspecified atom stereocenters. The number of hydrogen-bond acceptors (Lipinski definition) is 5. The van der Waals surface area contributed by atoms with Gasteiger partial charge in [-0.25, -0.2) is 0 Å². The molecule has 0 radical (unpaired) electrons. The molecule has 4 nitrogen and oxygen atoms in total. The SMILES string of the molecule is COc1ccc(-c2c(-c3ccc(OC)cc3)c(-c3ccc(OC)cc3)c3sc(C)cc3c2-c2ccc(OC)cc2)cc1. The summed E-state index contributed by atoms with van der Waals surface area (Å²) in [5.41, 5.74) is 9.16. The van der Waals surface area contributed by atoms with E-state index in [0.717, 1.165) is 56.4 Å². The summed E-state index contributed by atoms with van der Waals surface area (Å²) >= 11 is 1.83. The van der Waals surface area contributed by atoms with Gasteiger partial charge in [0.2, 0.25) is 0 Å². The molecule has 210 valence electrons. The van der Waals surface area contributed by atoms with E-state index in [-0.39, 0.29) is 0 Å². The Morgan fingerprint density at radius 3 is 1.07 bits per heavy atom. The Morgan fingerprint density at radius 1 is 0.405 bits per heavy atom. The first kappa shape index (κ1) is 27.4. The molecule has 0 atom stereocenters. The van der Waals surface area contributed by atoms with Crippen molar-refractivity contribution >= 4 is 21.4 Å². The van der Waals surface area contributed by atoms with Crippen molar-refractivity contribution in [3.05, 3.63) is 108 Å². The van der Waals surface area contributed by atoms with Crippen molar-refractivity contribution in [3.63, 3.8) is 0 Å². The highest BCUT2D eigenvalue weighted by Crippen LogP contribution is 2.53. The van der Waals surface area contributed by atoms with Crippen LogP contribution in [0.4, 0.5) is 0 Å². The minimum absolute atomic E-state index is 0.818. The maximum absolute atomic E-state index is 5.54. The van der Waals surface area contributed by atoms with Crippen molar-refractivity contribution in [2.45, 2.75) is 6.92 Å². The average molecular weight is 573 g/mol. The molecular formula is C37H32O4S. The first-order valence-corrected chi connectivity index (χ1v) is 14.5. The Labute approximate surface area is 250 Å². The molecule has 0 saturated heterocycles. The second-order valence-electron chi connectivity index (χ2n) is 10.0. The van der Waals surface area contributed by atoms with Gasteiger partial charge in [0, 0.05) is 20.5 Å². The Morgan fingerprint density at radius 2 is 0.714 bits per heavy atom. The van der Waals surface area contributed by atoms with E-state index in [0.29, 0.717) is 0 Å². The minimum Gasteiger partial charge on any atom is -0.497 e. The third-order valence-corrected chi connectivity index (χ3v) is 8.68. The fourth-order valence-electron chi connectivity index (χ4n) is 5.57. The topological polar surface area (TPSA) is 36.9 Å². The van der Waals surface area contributed by atoms with Gasteiger partial charge < -0.3 is 18.9 Å². The van der Waals surface area contributed by atoms with Crippen LogP contribution in [0.25, 0.3) is 54.6 Å². The quantitative estimate of drug-likeness (QED) is 0.182. The molecule has 1 aromatic heterocycles. The van der Waals surface area contributed by atoms with E-state index in [4.69, 9.17) is 18.9 Å². The standard InChI is InChI=1S/C37H32O4S/c1-23-22-32-33(24-6-14-28(38-2)15-7-24)34(25-8-16-29(39-3)17-9-25)35(26-10-18-30(40-4)19-11-26)36(37(32)42-23)27-12-20-31(41-5)21-13-27/h6-22H,1-5H3. The monoisotopic (exact) mass is 572 g/mol. The highest BCUT2D eigenvalue weighted by molar-refractivity contribution is 7.19. The zero-order valence-electron chi connectivity index (χ0n) is 24.4. The second kappa shape index (κ2) is 11.6. The van der Waals surface area contributed by atoms with Gasteiger partial charge in [-0.05, 0) is 100 Å². The molecule has 0 saturated carbocycles. The normalized spacial score (nSPS) is 11.0. The third-order valence-electron chi connectivity index (χ3n) is 7.62. The predicted molar refractivity (Wildman–Crippen MR) is 175 cm³/mol. The van der Waals surface area contributed by atoms with Crippen LogP contribution >= 0.6 is 11.3 Å². The molecule has 5 aromatic carbocycles. The van der Waals surface area contributed by atoms with Gasteiger partial charge in [-0.3, -0.25) is 0 Å². The van der Waals surface area contributed by atoms with Crippen molar-refractivity contribution in [3.8, 4) is 67.5 Å². The largest absolute Gasteiger partial charge is 0.497 e. The number of fused-ring (bicyclic) bond motifs is 1. The van der Waals surface area contributed by atoms with Crippen molar-refractivity contribution < 1.29 is 18.9 Å². The van der Waals surface area contributed by atoms with Gasteiger partial charge in [0.1, 0.15) is 23.0 Å². The molecule has 0 fully saturated rings. The lowest BCUT2D eigenvalue weighted by Gasteiger charge is -2.23. The van der Waals surface area contributed by atoms with Gasteiger partial charge in [0.05, 0.1) is 28.4 Å². The molecule has 6 rings (SSSR count). The van der Waals surface area contributed by atoms with Crippen LogP contribution in [0, 0.1) is 6.92 Å². The van der Waals surface area contributed by atoms with Crippen LogP contribution in [0.2, 0.25) is 0 Å². The molecule has 6 aromatic rings. The highest BCUT2D eigenvalue weighted by atomic mass is 32.1. The van der Waals surface area contributed by atoms with Gasteiger partial charge >= 0.3 is 0 Å². The number of benzene rings is 5. The molecule has 0 spiro atoms. The Hall–Kier alpha value is -4.74. The minimum atomic E-state index is 0.818. The number of rotatable bonds is 8. The Kier molecular flexibility index (Phi) is 7.60. The molecule has 0 bridgehead atoms. The lowest BCUT2D eigenvalue weighted by molar-refractivity contribution is 0.414. The smallest absolute Gasteiger partial charge is 0.118 e. The third kappa shape index (κ3) is 4.97. The lowest BCUT2D eigenvalue weighted by atomic mass is 9.81. The molecule has 5 heteroatoms. The second-order valence-corrected chi connectivity index (χ2v) is 11.3. The maximum atomic E-state index is 5.54. The van der Waals surface area contributed by atoms with Crippen molar-refractivity contribution in [1.82, 2.24) is 0 Å². The zero-order chi connectivity index (χ0) is 29.2. The van der Waals surface area contributed by atoms with Crippen LogP contribution in [-0.2, 0) is 0 Å².